The summed E-state index contributed by atoms with van der Waals surface area (Å²) in [5.74, 6) is 0. The Morgan fingerprint density at radius 3 is 2.11 bits per heavy atom. The Kier molecular flexibility index (Phi) is 6.26. The van der Waals surface area contributed by atoms with E-state index in [1.54, 1.807) is 41.8 Å². The van der Waals surface area contributed by atoms with E-state index in [0.29, 0.717) is 9.90 Å². The molecular weight excluding hydrogens is 438 g/mol. The molecule has 1 aromatic heterocycles. The molecule has 3 aromatic rings. The summed E-state index contributed by atoms with van der Waals surface area (Å²) < 4.78 is 54.0. The number of halogens is 1. The molecule has 9 heteroatoms. The number of hydrogen-bond donors (Lipinski definition) is 1. The fourth-order valence-corrected chi connectivity index (χ4v) is 6.68. The zero-order chi connectivity index (χ0) is 20.4. The van der Waals surface area contributed by atoms with Gasteiger partial charge >= 0.3 is 0 Å². The molecule has 2 aromatic carbocycles. The van der Waals surface area contributed by atoms with Gasteiger partial charge in [0.05, 0.1) is 9.79 Å². The van der Waals surface area contributed by atoms with Gasteiger partial charge in [0.25, 0.3) is 0 Å². The lowest BCUT2D eigenvalue weighted by molar-refractivity contribution is 0.569. The minimum Gasteiger partial charge on any atom is -0.223 e. The molecule has 1 N–H and O–H groups in total. The summed E-state index contributed by atoms with van der Waals surface area (Å²) >= 11 is 7.08. The minimum absolute atomic E-state index is 0.0227. The molecule has 0 saturated carbocycles. The summed E-state index contributed by atoms with van der Waals surface area (Å²) in [6.07, 6.45) is 0. The Bertz CT molecular complexity index is 1140. The largest absolute Gasteiger partial charge is 0.240 e. The number of thiophene rings is 1. The molecule has 5 nitrogen and oxygen atoms in total. The van der Waals surface area contributed by atoms with E-state index < -0.39 is 25.1 Å². The van der Waals surface area contributed by atoms with E-state index in [0.717, 1.165) is 5.56 Å². The molecule has 0 aliphatic heterocycles. The Morgan fingerprint density at radius 2 is 1.54 bits per heavy atom. The van der Waals surface area contributed by atoms with E-state index in [-0.39, 0.29) is 16.3 Å². The molecule has 0 saturated heterocycles. The van der Waals surface area contributed by atoms with E-state index in [4.69, 9.17) is 11.6 Å². The van der Waals surface area contributed by atoms with E-state index in [2.05, 4.69) is 4.72 Å². The number of sulfone groups is 1. The van der Waals surface area contributed by atoms with Crippen LogP contribution in [-0.4, -0.2) is 23.4 Å². The second kappa shape index (κ2) is 8.34. The molecule has 148 valence electrons. The third-order valence-electron chi connectivity index (χ3n) is 4.17. The fourth-order valence-electron chi connectivity index (χ4n) is 2.61. The van der Waals surface area contributed by atoms with Gasteiger partial charge in [-0.05, 0) is 54.8 Å². The molecule has 0 radical (unpaired) electrons. The second-order valence-corrected chi connectivity index (χ2v) is 11.5. The topological polar surface area (TPSA) is 80.3 Å². The van der Waals surface area contributed by atoms with Gasteiger partial charge in [-0.3, -0.25) is 0 Å². The van der Waals surface area contributed by atoms with Gasteiger partial charge in [-0.25, -0.2) is 21.6 Å². The Labute approximate surface area is 174 Å². The predicted octanol–water partition coefficient (Wildman–Crippen LogP) is 4.20. The molecule has 0 unspecified atom stereocenters. The van der Waals surface area contributed by atoms with Crippen LogP contribution in [0.4, 0.5) is 0 Å². The average molecular weight is 456 g/mol. The quantitative estimate of drug-likeness (QED) is 0.578. The summed E-state index contributed by atoms with van der Waals surface area (Å²) in [6, 6.07) is 15.6. The number of rotatable bonds is 7. The van der Waals surface area contributed by atoms with E-state index >= 15 is 0 Å². The van der Waals surface area contributed by atoms with Gasteiger partial charge in [-0.15, -0.1) is 11.3 Å². The van der Waals surface area contributed by atoms with Gasteiger partial charge in [0.1, 0.15) is 5.25 Å². The van der Waals surface area contributed by atoms with Crippen molar-refractivity contribution in [2.24, 2.45) is 0 Å². The zero-order valence-corrected chi connectivity index (χ0v) is 18.1. The van der Waals surface area contributed by atoms with Crippen molar-refractivity contribution in [2.75, 3.05) is 6.54 Å². The first-order valence-corrected chi connectivity index (χ1v) is 12.6. The van der Waals surface area contributed by atoms with Crippen molar-refractivity contribution in [3.8, 4) is 0 Å². The van der Waals surface area contributed by atoms with Crippen molar-refractivity contribution >= 4 is 42.8 Å². The number of benzene rings is 2. The highest BCUT2D eigenvalue weighted by Crippen LogP contribution is 2.32. The smallest absolute Gasteiger partial charge is 0.223 e. The molecule has 0 spiro atoms. The van der Waals surface area contributed by atoms with Crippen LogP contribution in [0.5, 0.6) is 0 Å². The highest BCUT2D eigenvalue weighted by Gasteiger charge is 2.31. The van der Waals surface area contributed by atoms with Crippen LogP contribution < -0.4 is 4.72 Å². The maximum Gasteiger partial charge on any atom is 0.240 e. The van der Waals surface area contributed by atoms with Crippen LogP contribution in [0.25, 0.3) is 0 Å². The molecule has 1 heterocycles. The number of hydrogen-bond acceptors (Lipinski definition) is 5. The number of sulfonamides is 1. The van der Waals surface area contributed by atoms with Crippen LogP contribution in [-0.2, 0) is 19.9 Å². The van der Waals surface area contributed by atoms with Gasteiger partial charge in [0.2, 0.25) is 10.0 Å². The van der Waals surface area contributed by atoms with Gasteiger partial charge in [-0.1, -0.05) is 35.4 Å². The van der Waals surface area contributed by atoms with E-state index in [1.165, 1.54) is 35.6 Å². The van der Waals surface area contributed by atoms with Crippen LogP contribution in [0.1, 0.15) is 15.7 Å². The standard InChI is InChI=1S/C19H18ClNO4S3/c1-14-4-8-16(9-5-14)27(22,23)19(18-3-2-12-26-18)13-21-28(24,25)17-10-6-15(20)7-11-17/h2-12,19,21H,13H2,1H3/t19-/m0/s1. The lowest BCUT2D eigenvalue weighted by Gasteiger charge is -2.18. The summed E-state index contributed by atoms with van der Waals surface area (Å²) in [5.41, 5.74) is 0.940. The lowest BCUT2D eigenvalue weighted by Crippen LogP contribution is -2.31. The molecule has 0 fully saturated rings. The molecule has 28 heavy (non-hydrogen) atoms. The fraction of sp³-hybridized carbons (Fsp3) is 0.158. The zero-order valence-electron chi connectivity index (χ0n) is 14.9. The van der Waals surface area contributed by atoms with Gasteiger partial charge in [0.15, 0.2) is 9.84 Å². The third-order valence-corrected chi connectivity index (χ3v) is 9.09. The van der Waals surface area contributed by atoms with Crippen molar-refractivity contribution in [3.63, 3.8) is 0 Å². The maximum atomic E-state index is 13.2. The van der Waals surface area contributed by atoms with Gasteiger partial charge in [0, 0.05) is 16.4 Å². The van der Waals surface area contributed by atoms with Crippen LogP contribution in [0.3, 0.4) is 0 Å². The Balaban J connectivity index is 1.91. The van der Waals surface area contributed by atoms with Gasteiger partial charge in [-0.2, -0.15) is 0 Å². The second-order valence-electron chi connectivity index (χ2n) is 6.17. The first-order chi connectivity index (χ1) is 13.2. The average Bonchev–Trinajstić information content (AvgIpc) is 3.16. The summed E-state index contributed by atoms with van der Waals surface area (Å²) in [6.45, 7) is 1.59. The van der Waals surface area contributed by atoms with Crippen LogP contribution in [0, 0.1) is 6.92 Å². The third kappa shape index (κ3) is 4.64. The number of nitrogens with one attached hydrogen (secondary N) is 1. The highest BCUT2D eigenvalue weighted by atomic mass is 35.5. The van der Waals surface area contributed by atoms with Crippen molar-refractivity contribution in [2.45, 2.75) is 22.0 Å². The SMILES string of the molecule is Cc1ccc(S(=O)(=O)[C@@H](CNS(=O)(=O)c2ccc(Cl)cc2)c2cccs2)cc1. The van der Waals surface area contributed by atoms with Crippen LogP contribution in [0.2, 0.25) is 5.02 Å². The first kappa shape index (κ1) is 21.0. The summed E-state index contributed by atoms with van der Waals surface area (Å²) in [5, 5.41) is 1.15. The first-order valence-electron chi connectivity index (χ1n) is 8.29. The summed E-state index contributed by atoms with van der Waals surface area (Å²) in [4.78, 5) is 0.746. The molecule has 0 aliphatic rings. The van der Waals surface area contributed by atoms with Crippen molar-refractivity contribution in [3.05, 3.63) is 81.5 Å². The normalized spacial score (nSPS) is 13.4. The minimum atomic E-state index is -3.88. The summed E-state index contributed by atoms with van der Waals surface area (Å²) in [7, 11) is -7.67. The van der Waals surface area contributed by atoms with E-state index in [1.807, 2.05) is 6.92 Å². The molecule has 0 amide bonds. The van der Waals surface area contributed by atoms with Crippen LogP contribution >= 0.6 is 22.9 Å². The van der Waals surface area contributed by atoms with Crippen molar-refractivity contribution in [1.82, 2.24) is 4.72 Å². The lowest BCUT2D eigenvalue weighted by atomic mass is 10.2. The molecular formula is C19H18ClNO4S3. The van der Waals surface area contributed by atoms with Crippen molar-refractivity contribution in [1.29, 1.82) is 0 Å². The monoisotopic (exact) mass is 455 g/mol. The molecule has 3 rings (SSSR count). The molecule has 0 aliphatic carbocycles. The molecule has 0 bridgehead atoms. The van der Waals surface area contributed by atoms with Crippen LogP contribution in [0.15, 0.2) is 75.8 Å². The van der Waals surface area contributed by atoms with E-state index in [9.17, 15) is 16.8 Å². The van der Waals surface area contributed by atoms with Crippen molar-refractivity contribution < 1.29 is 16.8 Å². The molecule has 1 atom stereocenters. The Hall–Kier alpha value is -1.71. The highest BCUT2D eigenvalue weighted by molar-refractivity contribution is 7.92. The van der Waals surface area contributed by atoms with Gasteiger partial charge < -0.3 is 0 Å². The predicted molar refractivity (Wildman–Crippen MR) is 112 cm³/mol. The Morgan fingerprint density at radius 1 is 0.929 bits per heavy atom. The maximum absolute atomic E-state index is 13.2. The number of aryl methyl sites for hydroxylation is 1.